The van der Waals surface area contributed by atoms with Crippen molar-refractivity contribution >= 4 is 11.6 Å². The van der Waals surface area contributed by atoms with Crippen molar-refractivity contribution in [1.82, 2.24) is 5.32 Å². The maximum atomic E-state index is 11.9. The van der Waals surface area contributed by atoms with Crippen LogP contribution in [0.4, 0.5) is 5.69 Å². The quantitative estimate of drug-likeness (QED) is 0.427. The second-order valence-electron chi connectivity index (χ2n) is 4.27. The van der Waals surface area contributed by atoms with Crippen molar-refractivity contribution in [3.8, 4) is 17.2 Å². The Balaban J connectivity index is 2.12. The van der Waals surface area contributed by atoms with Crippen molar-refractivity contribution < 1.29 is 20.1 Å². The van der Waals surface area contributed by atoms with E-state index in [2.05, 4.69) is 5.32 Å². The molecule has 0 bridgehead atoms. The minimum absolute atomic E-state index is 0.0135. The Morgan fingerprint density at radius 2 is 1.75 bits per heavy atom. The molecule has 0 fully saturated rings. The van der Waals surface area contributed by atoms with Gasteiger partial charge in [0.25, 0.3) is 5.91 Å². The summed E-state index contributed by atoms with van der Waals surface area (Å²) in [5.41, 5.74) is 6.47. The summed E-state index contributed by atoms with van der Waals surface area (Å²) in [5, 5.41) is 31.0. The first-order valence-corrected chi connectivity index (χ1v) is 5.85. The summed E-state index contributed by atoms with van der Waals surface area (Å²) < 4.78 is 0. The highest BCUT2D eigenvalue weighted by Gasteiger charge is 2.12. The number of nitrogens with two attached hydrogens (primary N) is 1. The van der Waals surface area contributed by atoms with Crippen LogP contribution >= 0.6 is 0 Å². The zero-order valence-corrected chi connectivity index (χ0v) is 10.5. The lowest BCUT2D eigenvalue weighted by atomic mass is 10.1. The van der Waals surface area contributed by atoms with Gasteiger partial charge in [0.15, 0.2) is 0 Å². The van der Waals surface area contributed by atoms with Gasteiger partial charge in [-0.25, -0.2) is 0 Å². The Bertz CT molecular complexity index is 656. The van der Waals surface area contributed by atoms with E-state index in [1.54, 1.807) is 6.07 Å². The first kappa shape index (κ1) is 13.5. The Labute approximate surface area is 115 Å². The highest BCUT2D eigenvalue weighted by Crippen LogP contribution is 2.23. The number of carbonyl (C=O) groups excluding carboxylic acids is 1. The molecule has 0 saturated carbocycles. The zero-order chi connectivity index (χ0) is 14.7. The number of nitrogens with one attached hydrogen (secondary N) is 1. The highest BCUT2D eigenvalue weighted by atomic mass is 16.3. The minimum atomic E-state index is -0.569. The molecule has 1 amide bonds. The summed E-state index contributed by atoms with van der Waals surface area (Å²) in [7, 11) is 0. The van der Waals surface area contributed by atoms with Crippen LogP contribution in [0.3, 0.4) is 0 Å². The van der Waals surface area contributed by atoms with Gasteiger partial charge < -0.3 is 26.4 Å². The van der Waals surface area contributed by atoms with Gasteiger partial charge in [-0.1, -0.05) is 0 Å². The Kier molecular flexibility index (Phi) is 3.65. The molecular formula is C14H14N2O4. The number of nitrogen functional groups attached to an aromatic ring is 1. The Hall–Kier alpha value is -2.89. The normalized spacial score (nSPS) is 10.2. The van der Waals surface area contributed by atoms with Crippen LogP contribution in [0.1, 0.15) is 15.9 Å². The van der Waals surface area contributed by atoms with Crippen LogP contribution in [-0.4, -0.2) is 21.2 Å². The van der Waals surface area contributed by atoms with Gasteiger partial charge in [-0.15, -0.1) is 0 Å². The molecule has 6 nitrogen and oxygen atoms in total. The number of hydrogen-bond acceptors (Lipinski definition) is 5. The number of carbonyl (C=O) groups is 1. The molecule has 0 spiro atoms. The third-order valence-electron chi connectivity index (χ3n) is 2.77. The van der Waals surface area contributed by atoms with E-state index in [4.69, 9.17) is 5.73 Å². The Morgan fingerprint density at radius 3 is 2.50 bits per heavy atom. The van der Waals surface area contributed by atoms with E-state index in [0.717, 1.165) is 6.07 Å². The van der Waals surface area contributed by atoms with Gasteiger partial charge in [-0.05, 0) is 36.4 Å². The highest BCUT2D eigenvalue weighted by molar-refractivity contribution is 5.97. The Morgan fingerprint density at radius 1 is 1.05 bits per heavy atom. The van der Waals surface area contributed by atoms with Crippen molar-refractivity contribution in [1.29, 1.82) is 0 Å². The molecule has 20 heavy (non-hydrogen) atoms. The standard InChI is InChI=1S/C14H14N2O4/c15-9-1-3-12(18)8(5-9)7-16-14(20)11-6-10(17)2-4-13(11)19/h1-6,17-19H,7,15H2,(H,16,20). The second-order valence-corrected chi connectivity index (χ2v) is 4.27. The molecule has 6 heteroatoms. The van der Waals surface area contributed by atoms with E-state index in [9.17, 15) is 20.1 Å². The lowest BCUT2D eigenvalue weighted by Gasteiger charge is -2.09. The number of rotatable bonds is 3. The van der Waals surface area contributed by atoms with Gasteiger partial charge in [0.1, 0.15) is 17.2 Å². The van der Waals surface area contributed by atoms with Crippen LogP contribution < -0.4 is 11.1 Å². The van der Waals surface area contributed by atoms with E-state index in [0.29, 0.717) is 11.3 Å². The minimum Gasteiger partial charge on any atom is -0.508 e. The number of phenolic OH excluding ortho intramolecular Hbond substituents is 3. The van der Waals surface area contributed by atoms with Gasteiger partial charge in [0, 0.05) is 17.8 Å². The fraction of sp³-hybridized carbons (Fsp3) is 0.0714. The molecule has 2 rings (SSSR count). The lowest BCUT2D eigenvalue weighted by molar-refractivity contribution is 0.0947. The number of phenols is 3. The molecule has 2 aromatic carbocycles. The van der Waals surface area contributed by atoms with Gasteiger partial charge in [0.05, 0.1) is 5.56 Å². The molecule has 2 aromatic rings. The molecular weight excluding hydrogens is 260 g/mol. The van der Waals surface area contributed by atoms with Crippen molar-refractivity contribution in [2.45, 2.75) is 6.54 Å². The topological polar surface area (TPSA) is 116 Å². The zero-order valence-electron chi connectivity index (χ0n) is 10.5. The smallest absolute Gasteiger partial charge is 0.255 e. The molecule has 104 valence electrons. The number of amides is 1. The van der Waals surface area contributed by atoms with E-state index in [1.807, 2.05) is 0 Å². The third-order valence-corrected chi connectivity index (χ3v) is 2.77. The van der Waals surface area contributed by atoms with Gasteiger partial charge in [0.2, 0.25) is 0 Å². The summed E-state index contributed by atoms with van der Waals surface area (Å²) in [6.07, 6.45) is 0. The summed E-state index contributed by atoms with van der Waals surface area (Å²) in [6.45, 7) is 0.0464. The molecule has 0 saturated heterocycles. The van der Waals surface area contributed by atoms with Crippen LogP contribution in [0.25, 0.3) is 0 Å². The third kappa shape index (κ3) is 2.92. The van der Waals surface area contributed by atoms with Crippen molar-refractivity contribution in [2.24, 2.45) is 0 Å². The van der Waals surface area contributed by atoms with Crippen molar-refractivity contribution in [3.63, 3.8) is 0 Å². The number of benzene rings is 2. The van der Waals surface area contributed by atoms with Crippen LogP contribution in [0.15, 0.2) is 36.4 Å². The number of aromatic hydroxyl groups is 3. The predicted octanol–water partition coefficient (Wildman–Crippen LogP) is 1.32. The molecule has 0 aliphatic rings. The largest absolute Gasteiger partial charge is 0.508 e. The molecule has 0 heterocycles. The molecule has 6 N–H and O–H groups in total. The lowest BCUT2D eigenvalue weighted by Crippen LogP contribution is -2.23. The van der Waals surface area contributed by atoms with Crippen molar-refractivity contribution in [3.05, 3.63) is 47.5 Å². The summed E-state index contributed by atoms with van der Waals surface area (Å²) in [4.78, 5) is 11.9. The number of hydrogen-bond donors (Lipinski definition) is 5. The second kappa shape index (κ2) is 5.40. The number of anilines is 1. The van der Waals surface area contributed by atoms with Gasteiger partial charge in [-0.3, -0.25) is 4.79 Å². The molecule has 0 aliphatic carbocycles. The van der Waals surface area contributed by atoms with E-state index >= 15 is 0 Å². The van der Waals surface area contributed by atoms with Crippen LogP contribution in [-0.2, 0) is 6.54 Å². The predicted molar refractivity (Wildman–Crippen MR) is 73.5 cm³/mol. The SMILES string of the molecule is Nc1ccc(O)c(CNC(=O)c2cc(O)ccc2O)c1. The average Bonchev–Trinajstić information content (AvgIpc) is 2.42. The van der Waals surface area contributed by atoms with Crippen LogP contribution in [0.5, 0.6) is 17.2 Å². The molecule has 0 radical (unpaired) electrons. The van der Waals surface area contributed by atoms with Crippen LogP contribution in [0.2, 0.25) is 0 Å². The van der Waals surface area contributed by atoms with E-state index in [-0.39, 0.29) is 29.4 Å². The van der Waals surface area contributed by atoms with E-state index < -0.39 is 5.91 Å². The molecule has 0 unspecified atom stereocenters. The summed E-state index contributed by atoms with van der Waals surface area (Å²) >= 11 is 0. The van der Waals surface area contributed by atoms with Crippen LogP contribution in [0, 0.1) is 0 Å². The van der Waals surface area contributed by atoms with Crippen molar-refractivity contribution in [2.75, 3.05) is 5.73 Å². The van der Waals surface area contributed by atoms with Gasteiger partial charge >= 0.3 is 0 Å². The van der Waals surface area contributed by atoms with Gasteiger partial charge in [-0.2, -0.15) is 0 Å². The molecule has 0 aromatic heterocycles. The fourth-order valence-corrected chi connectivity index (χ4v) is 1.72. The maximum absolute atomic E-state index is 11.9. The first-order chi connectivity index (χ1) is 9.47. The van der Waals surface area contributed by atoms with E-state index in [1.165, 1.54) is 24.3 Å². The molecule has 0 atom stereocenters. The molecule has 0 aliphatic heterocycles. The monoisotopic (exact) mass is 274 g/mol. The maximum Gasteiger partial charge on any atom is 0.255 e. The summed E-state index contributed by atoms with van der Waals surface area (Å²) in [6, 6.07) is 8.17. The summed E-state index contributed by atoms with van der Waals surface area (Å²) in [5.74, 6) is -0.920. The fourth-order valence-electron chi connectivity index (χ4n) is 1.72. The average molecular weight is 274 g/mol. The first-order valence-electron chi connectivity index (χ1n) is 5.85.